The largest absolute Gasteiger partial charge is 1.00 e. The van der Waals surface area contributed by atoms with Crippen LogP contribution in [0, 0.1) is 0 Å². The first-order valence-corrected chi connectivity index (χ1v) is 1.84. The molecule has 0 saturated carbocycles. The summed E-state index contributed by atoms with van der Waals surface area (Å²) in [6, 6.07) is 0. The molecule has 0 spiro atoms. The van der Waals surface area contributed by atoms with Crippen molar-refractivity contribution in [3.8, 4) is 0 Å². The van der Waals surface area contributed by atoms with Crippen molar-refractivity contribution in [1.29, 1.82) is 0 Å². The Kier molecular flexibility index (Phi) is 25.7. The van der Waals surface area contributed by atoms with Crippen LogP contribution in [-0.2, 0) is 25.3 Å². The van der Waals surface area contributed by atoms with Crippen molar-refractivity contribution in [3.63, 3.8) is 0 Å². The van der Waals surface area contributed by atoms with Gasteiger partial charge in [0.05, 0.1) is 0 Å². The van der Waals surface area contributed by atoms with Crippen LogP contribution in [-0.4, -0.2) is 3.53 Å². The molecule has 0 rings (SSSR count). The molecule has 0 N–H and O–H groups in total. The average Bonchev–Trinajstić information content (AvgIpc) is 0.811. The summed E-state index contributed by atoms with van der Waals surface area (Å²) in [6.45, 7) is 0. The normalized spacial score (nSPS) is 4.00. The molecule has 24 valence electrons. The van der Waals surface area contributed by atoms with Crippen LogP contribution in [0.25, 0.3) is 0 Å². The molecule has 0 nitrogen and oxygen atoms in total. The zero-order chi connectivity index (χ0) is 3.58. The summed E-state index contributed by atoms with van der Waals surface area (Å²) in [6.07, 6.45) is 0. The minimum absolute atomic E-state index is 0. The Morgan fingerprint density at radius 3 is 1.17 bits per heavy atom. The van der Waals surface area contributed by atoms with E-state index in [0.717, 1.165) is 0 Å². The Labute approximate surface area is 78.0 Å². The van der Waals surface area contributed by atoms with E-state index < -0.39 is 0 Å². The predicted molar refractivity (Wildman–Crippen MR) is 27.3 cm³/mol. The molecule has 0 aromatic carbocycles. The molecule has 0 bridgehead atoms. The third kappa shape index (κ3) is 43.0. The summed E-state index contributed by atoms with van der Waals surface area (Å²) in [5, 5.41) is 0. The molecule has 5 heteroatoms. The van der Waals surface area contributed by atoms with Crippen molar-refractivity contribution >= 4 is 41.0 Å². The molecule has 0 unspecified atom stereocenters. The first kappa shape index (κ1) is 15.6. The standard InChI is InChI=1S/CH2S3.2Li/c2-1(3)4;;/h(H2,2,3,4);;/q;2*+1/p-2. The van der Waals surface area contributed by atoms with Gasteiger partial charge < -0.3 is 37.5 Å². The average molecular weight is 122 g/mol. The Morgan fingerprint density at radius 1 is 1.17 bits per heavy atom. The molecule has 0 aromatic heterocycles. The van der Waals surface area contributed by atoms with Crippen LogP contribution in [0.3, 0.4) is 0 Å². The second kappa shape index (κ2) is 9.87. The molecule has 0 aliphatic heterocycles. The van der Waals surface area contributed by atoms with Gasteiger partial charge in [-0.3, -0.25) is 3.53 Å². The summed E-state index contributed by atoms with van der Waals surface area (Å²) in [5.41, 5.74) is 0. The van der Waals surface area contributed by atoms with E-state index in [0.29, 0.717) is 0 Å². The van der Waals surface area contributed by atoms with E-state index in [1.165, 1.54) is 0 Å². The van der Waals surface area contributed by atoms with Crippen LogP contribution in [0.1, 0.15) is 0 Å². The molecule has 0 aliphatic rings. The van der Waals surface area contributed by atoms with Gasteiger partial charge in [-0.15, -0.1) is 0 Å². The molecular weight excluding hydrogens is 122 g/mol. The smallest absolute Gasteiger partial charge is 0.570 e. The molecule has 0 aliphatic carbocycles. The van der Waals surface area contributed by atoms with E-state index in [4.69, 9.17) is 0 Å². The number of hydrogen-bond donors (Lipinski definition) is 0. The van der Waals surface area contributed by atoms with E-state index in [1.807, 2.05) is 0 Å². The van der Waals surface area contributed by atoms with Crippen molar-refractivity contribution in [2.24, 2.45) is 0 Å². The Morgan fingerprint density at radius 2 is 1.17 bits per heavy atom. The minimum atomic E-state index is 0. The van der Waals surface area contributed by atoms with Gasteiger partial charge in [-0.1, -0.05) is 0 Å². The molecule has 0 fully saturated rings. The van der Waals surface area contributed by atoms with Gasteiger partial charge in [-0.25, -0.2) is 0 Å². The molecule has 0 heterocycles. The SMILES string of the molecule is S=C([S-])[S-].[Li+].[Li+]. The summed E-state index contributed by atoms with van der Waals surface area (Å²) in [5.74, 6) is 0. The third-order valence-corrected chi connectivity index (χ3v) is 0. The van der Waals surface area contributed by atoms with Crippen LogP contribution in [0.2, 0.25) is 0 Å². The van der Waals surface area contributed by atoms with Gasteiger partial charge in [0, 0.05) is 0 Å². The van der Waals surface area contributed by atoms with Crippen LogP contribution in [0.15, 0.2) is 0 Å². The Hall–Kier alpha value is 1.72. The second-order valence-corrected chi connectivity index (χ2v) is 2.25. The summed E-state index contributed by atoms with van der Waals surface area (Å²) in [4.78, 5) is 0. The monoisotopic (exact) mass is 122 g/mol. The fourth-order valence-corrected chi connectivity index (χ4v) is 0. The quantitative estimate of drug-likeness (QED) is 0.179. The number of rotatable bonds is 0. The zero-order valence-corrected chi connectivity index (χ0v) is 6.17. The maximum absolute atomic E-state index is 4.17. The number of hydrogen-bond acceptors (Lipinski definition) is 3. The summed E-state index contributed by atoms with van der Waals surface area (Å²) >= 11 is 12.5. The maximum atomic E-state index is 4.17. The van der Waals surface area contributed by atoms with Gasteiger partial charge in [0.2, 0.25) is 0 Å². The van der Waals surface area contributed by atoms with Gasteiger partial charge in [0.25, 0.3) is 0 Å². The van der Waals surface area contributed by atoms with Crippen LogP contribution < -0.4 is 37.7 Å². The van der Waals surface area contributed by atoms with E-state index in [2.05, 4.69) is 37.5 Å². The summed E-state index contributed by atoms with van der Waals surface area (Å²) in [7, 11) is 0. The fraction of sp³-hybridized carbons (Fsp3) is 0. The van der Waals surface area contributed by atoms with E-state index >= 15 is 0 Å². The first-order chi connectivity index (χ1) is 1.73. The fourth-order valence-electron chi connectivity index (χ4n) is 0. The predicted octanol–water partition coefficient (Wildman–Crippen LogP) is -5.63. The molecule has 0 atom stereocenters. The molecular formula is CLi2S3. The molecule has 6 heavy (non-hydrogen) atoms. The maximum Gasteiger partial charge on any atom is 1.00 e. The van der Waals surface area contributed by atoms with Gasteiger partial charge in [0.15, 0.2) is 0 Å². The van der Waals surface area contributed by atoms with Crippen molar-refractivity contribution < 1.29 is 37.7 Å². The first-order valence-electron chi connectivity index (χ1n) is 0.612. The second-order valence-electron chi connectivity index (χ2n) is 0.250. The van der Waals surface area contributed by atoms with E-state index in [9.17, 15) is 0 Å². The molecule has 0 amide bonds. The van der Waals surface area contributed by atoms with Gasteiger partial charge >= 0.3 is 37.7 Å². The molecule has 0 aromatic rings. The molecule has 0 saturated heterocycles. The van der Waals surface area contributed by atoms with E-state index in [-0.39, 0.29) is 41.2 Å². The van der Waals surface area contributed by atoms with Crippen molar-refractivity contribution in [2.75, 3.05) is 0 Å². The van der Waals surface area contributed by atoms with Crippen LogP contribution >= 0.6 is 12.2 Å². The van der Waals surface area contributed by atoms with Crippen molar-refractivity contribution in [2.45, 2.75) is 0 Å². The molecule has 0 radical (unpaired) electrons. The third-order valence-electron chi connectivity index (χ3n) is 0. The van der Waals surface area contributed by atoms with Crippen molar-refractivity contribution in [1.82, 2.24) is 0 Å². The van der Waals surface area contributed by atoms with Crippen LogP contribution in [0.4, 0.5) is 0 Å². The van der Waals surface area contributed by atoms with Gasteiger partial charge in [-0.2, -0.15) is 0 Å². The summed E-state index contributed by atoms with van der Waals surface area (Å²) < 4.78 is 0.167. The van der Waals surface area contributed by atoms with E-state index in [1.54, 1.807) is 0 Å². The number of thiocarbonyl (C=S) groups is 1. The van der Waals surface area contributed by atoms with Crippen LogP contribution in [0.5, 0.6) is 0 Å². The minimum Gasteiger partial charge on any atom is -0.570 e. The van der Waals surface area contributed by atoms with Gasteiger partial charge in [0.1, 0.15) is 0 Å². The zero-order valence-electron chi connectivity index (χ0n) is 3.72. The Bertz CT molecular complexity index is 31.8. The van der Waals surface area contributed by atoms with Crippen molar-refractivity contribution in [3.05, 3.63) is 0 Å². The van der Waals surface area contributed by atoms with Gasteiger partial charge in [-0.05, 0) is 0 Å². The Balaban J connectivity index is -0.0000000450. The topological polar surface area (TPSA) is 0 Å².